The van der Waals surface area contributed by atoms with E-state index in [2.05, 4.69) is 50.9 Å². The molecule has 0 spiro atoms. The van der Waals surface area contributed by atoms with Gasteiger partial charge in [-0.15, -0.1) is 0 Å². The first-order chi connectivity index (χ1) is 15.7. The molecule has 9 heteroatoms. The van der Waals surface area contributed by atoms with Gasteiger partial charge in [0.05, 0.1) is 25.2 Å². The first-order valence-corrected chi connectivity index (χ1v) is 10.2. The maximum Gasteiger partial charge on any atom is 0.212 e. The fourth-order valence-electron chi connectivity index (χ4n) is 3.76. The average molecular weight is 426 g/mol. The number of pyridine rings is 2. The largest absolute Gasteiger partial charge is 0.481 e. The number of nitrogens with one attached hydrogen (secondary N) is 1. The van der Waals surface area contributed by atoms with Crippen molar-refractivity contribution in [3.8, 4) is 17.0 Å². The zero-order valence-electron chi connectivity index (χ0n) is 17.8. The Morgan fingerprint density at radius 3 is 2.50 bits per heavy atom. The van der Waals surface area contributed by atoms with Crippen LogP contribution < -0.4 is 15.3 Å². The fraction of sp³-hybridized carbons (Fsp3) is 0.174. The minimum atomic E-state index is -0.226. The highest BCUT2D eigenvalue weighted by Gasteiger charge is 2.33. The van der Waals surface area contributed by atoms with Crippen LogP contribution in [-0.4, -0.2) is 37.8 Å². The van der Waals surface area contributed by atoms with Gasteiger partial charge in [-0.1, -0.05) is 24.3 Å². The molecule has 0 amide bonds. The summed E-state index contributed by atoms with van der Waals surface area (Å²) in [5.74, 6) is 1.30. The fourth-order valence-corrected chi connectivity index (χ4v) is 3.76. The van der Waals surface area contributed by atoms with Gasteiger partial charge in [-0.25, -0.2) is 20.5 Å². The molecule has 0 saturated carbocycles. The highest BCUT2D eigenvalue weighted by molar-refractivity contribution is 5.94. The SMILES string of the molecule is COc1ccc(C2C(Cn3nccn3)=NNN2c2ccc(-c3ccccc3C)cn2)cn1. The summed E-state index contributed by atoms with van der Waals surface area (Å²) in [5, 5.41) is 14.9. The predicted octanol–water partition coefficient (Wildman–Crippen LogP) is 3.17. The van der Waals surface area contributed by atoms with E-state index in [1.54, 1.807) is 30.5 Å². The first kappa shape index (κ1) is 19.7. The van der Waals surface area contributed by atoms with Crippen molar-refractivity contribution in [2.75, 3.05) is 12.1 Å². The number of rotatable bonds is 6. The zero-order chi connectivity index (χ0) is 21.9. The van der Waals surface area contributed by atoms with Gasteiger partial charge in [-0.05, 0) is 36.2 Å². The van der Waals surface area contributed by atoms with Crippen molar-refractivity contribution >= 4 is 11.5 Å². The number of nitrogens with zero attached hydrogens (tertiary/aromatic N) is 7. The van der Waals surface area contributed by atoms with Crippen molar-refractivity contribution in [2.45, 2.75) is 19.5 Å². The average Bonchev–Trinajstić information content (AvgIpc) is 3.50. The van der Waals surface area contributed by atoms with Crippen LogP contribution in [0.1, 0.15) is 17.2 Å². The number of anilines is 1. The molecule has 9 nitrogen and oxygen atoms in total. The van der Waals surface area contributed by atoms with Crippen LogP contribution in [0.4, 0.5) is 5.82 Å². The van der Waals surface area contributed by atoms with E-state index < -0.39 is 0 Å². The Morgan fingerprint density at radius 2 is 1.81 bits per heavy atom. The summed E-state index contributed by atoms with van der Waals surface area (Å²) in [6, 6.07) is 15.9. The van der Waals surface area contributed by atoms with Gasteiger partial charge in [0.25, 0.3) is 0 Å². The Hall–Kier alpha value is -4.27. The van der Waals surface area contributed by atoms with Crippen molar-refractivity contribution in [3.05, 3.63) is 84.4 Å². The lowest BCUT2D eigenvalue weighted by molar-refractivity contribution is 0.397. The lowest BCUT2D eigenvalue weighted by Crippen LogP contribution is -2.36. The molecule has 1 N–H and O–H groups in total. The van der Waals surface area contributed by atoms with Crippen LogP contribution in [0, 0.1) is 6.92 Å². The van der Waals surface area contributed by atoms with Gasteiger partial charge < -0.3 is 4.74 Å². The normalized spacial score (nSPS) is 15.4. The van der Waals surface area contributed by atoms with Crippen LogP contribution in [0.3, 0.4) is 0 Å². The maximum absolute atomic E-state index is 5.21. The zero-order valence-corrected chi connectivity index (χ0v) is 17.8. The molecule has 1 aliphatic rings. The third-order valence-corrected chi connectivity index (χ3v) is 5.38. The number of benzene rings is 1. The molecule has 160 valence electrons. The van der Waals surface area contributed by atoms with Crippen LogP contribution in [0.15, 0.2) is 78.4 Å². The minimum Gasteiger partial charge on any atom is -0.481 e. The van der Waals surface area contributed by atoms with E-state index >= 15 is 0 Å². The van der Waals surface area contributed by atoms with E-state index in [0.29, 0.717) is 12.4 Å². The molecule has 5 rings (SSSR count). The number of aromatic nitrogens is 5. The number of ether oxygens (including phenoxy) is 1. The predicted molar refractivity (Wildman–Crippen MR) is 121 cm³/mol. The number of hydrogen-bond acceptors (Lipinski definition) is 8. The number of hydrazone groups is 1. The third kappa shape index (κ3) is 3.76. The number of hydrazine groups is 1. The number of hydrogen-bond donors (Lipinski definition) is 1. The Morgan fingerprint density at radius 1 is 0.969 bits per heavy atom. The van der Waals surface area contributed by atoms with E-state index in [-0.39, 0.29) is 6.04 Å². The van der Waals surface area contributed by atoms with Gasteiger partial charge >= 0.3 is 0 Å². The van der Waals surface area contributed by atoms with Crippen molar-refractivity contribution in [3.63, 3.8) is 0 Å². The highest BCUT2D eigenvalue weighted by atomic mass is 16.5. The van der Waals surface area contributed by atoms with Crippen molar-refractivity contribution < 1.29 is 4.74 Å². The highest BCUT2D eigenvalue weighted by Crippen LogP contribution is 2.31. The Balaban J connectivity index is 1.47. The molecule has 1 aromatic carbocycles. The molecule has 0 radical (unpaired) electrons. The van der Waals surface area contributed by atoms with Crippen molar-refractivity contribution in [1.82, 2.24) is 30.5 Å². The van der Waals surface area contributed by atoms with Gasteiger partial charge in [-0.3, -0.25) is 0 Å². The van der Waals surface area contributed by atoms with Crippen LogP contribution in [-0.2, 0) is 6.54 Å². The molecule has 0 bridgehead atoms. The molecule has 1 aliphatic heterocycles. The molecule has 4 heterocycles. The molecule has 32 heavy (non-hydrogen) atoms. The van der Waals surface area contributed by atoms with Gasteiger partial charge in [0.1, 0.15) is 18.4 Å². The minimum absolute atomic E-state index is 0.226. The molecule has 1 unspecified atom stereocenters. The van der Waals surface area contributed by atoms with Gasteiger partial charge in [0, 0.05) is 29.6 Å². The monoisotopic (exact) mass is 426 g/mol. The van der Waals surface area contributed by atoms with Crippen molar-refractivity contribution in [2.24, 2.45) is 5.10 Å². The first-order valence-electron chi connectivity index (χ1n) is 10.2. The second kappa shape index (κ2) is 8.46. The Labute approximate surface area is 185 Å². The van der Waals surface area contributed by atoms with E-state index in [1.165, 1.54) is 11.1 Å². The smallest absolute Gasteiger partial charge is 0.212 e. The second-order valence-corrected chi connectivity index (χ2v) is 7.39. The van der Waals surface area contributed by atoms with Crippen LogP contribution in [0.25, 0.3) is 11.1 Å². The van der Waals surface area contributed by atoms with Gasteiger partial charge in [-0.2, -0.15) is 20.1 Å². The summed E-state index contributed by atoms with van der Waals surface area (Å²) < 4.78 is 5.21. The summed E-state index contributed by atoms with van der Waals surface area (Å²) in [5.41, 5.74) is 8.35. The van der Waals surface area contributed by atoms with E-state index in [4.69, 9.17) is 9.72 Å². The molecular weight excluding hydrogens is 404 g/mol. The summed E-state index contributed by atoms with van der Waals surface area (Å²) in [6.45, 7) is 2.54. The summed E-state index contributed by atoms with van der Waals surface area (Å²) in [4.78, 5) is 10.7. The number of methoxy groups -OCH3 is 1. The third-order valence-electron chi connectivity index (χ3n) is 5.38. The topological polar surface area (TPSA) is 93.3 Å². The van der Waals surface area contributed by atoms with Crippen LogP contribution in [0.2, 0.25) is 0 Å². The van der Waals surface area contributed by atoms with E-state index in [0.717, 1.165) is 22.7 Å². The quantitative estimate of drug-likeness (QED) is 0.506. The molecule has 0 saturated heterocycles. The summed E-state index contributed by atoms with van der Waals surface area (Å²) >= 11 is 0. The van der Waals surface area contributed by atoms with Gasteiger partial charge in [0.15, 0.2) is 0 Å². The van der Waals surface area contributed by atoms with E-state index in [9.17, 15) is 0 Å². The lowest BCUT2D eigenvalue weighted by Gasteiger charge is -2.25. The standard InChI is InChI=1S/C23H22N8O/c1-16-5-3-4-6-19(16)17-7-9-21(24-13-17)31-23(18-8-10-22(32-2)25-14-18)20(28-29-31)15-30-26-11-12-27-30/h3-14,23,29H,15H2,1-2H3. The summed E-state index contributed by atoms with van der Waals surface area (Å²) in [6.07, 6.45) is 6.97. The molecule has 3 aromatic heterocycles. The Bertz CT molecular complexity index is 1220. The molecule has 0 aliphatic carbocycles. The molecule has 1 atom stereocenters. The van der Waals surface area contributed by atoms with E-state index in [1.807, 2.05) is 41.5 Å². The maximum atomic E-state index is 5.21. The number of aryl methyl sites for hydroxylation is 1. The van der Waals surface area contributed by atoms with Crippen LogP contribution in [0.5, 0.6) is 5.88 Å². The van der Waals surface area contributed by atoms with Crippen molar-refractivity contribution in [1.29, 1.82) is 0 Å². The molecule has 0 fully saturated rings. The summed E-state index contributed by atoms with van der Waals surface area (Å²) in [7, 11) is 1.60. The molecular formula is C23H22N8O. The molecule has 4 aromatic rings. The van der Waals surface area contributed by atoms with Crippen LogP contribution >= 0.6 is 0 Å². The Kier molecular flexibility index (Phi) is 5.20. The second-order valence-electron chi connectivity index (χ2n) is 7.39. The van der Waals surface area contributed by atoms with Gasteiger partial charge in [0.2, 0.25) is 5.88 Å². The lowest BCUT2D eigenvalue weighted by atomic mass is 10.0.